The third kappa shape index (κ3) is 69.3. The Morgan fingerprint density at radius 2 is 0.470 bits per heavy atom. The number of hydrogen-bond donors (Lipinski definition) is 0. The molecule has 0 fully saturated rings. The van der Waals surface area contributed by atoms with Crippen LogP contribution in [0.3, 0.4) is 0 Å². The summed E-state index contributed by atoms with van der Waals surface area (Å²) in [7, 11) is 0. The molecular weight excluding hydrogens is 1020 g/mol. The summed E-state index contributed by atoms with van der Waals surface area (Å²) in [4.78, 5) is 38.5. The molecule has 0 N–H and O–H groups in total. The summed E-state index contributed by atoms with van der Waals surface area (Å²) < 4.78 is 17.0. The van der Waals surface area contributed by atoms with Crippen molar-refractivity contribution in [1.29, 1.82) is 0 Å². The third-order valence-corrected chi connectivity index (χ3v) is 15.9. The van der Waals surface area contributed by atoms with E-state index in [1.807, 2.05) is 0 Å². The minimum atomic E-state index is -0.793. The number of unbranched alkanes of at least 4 members (excludes halogenated alkanes) is 41. The highest BCUT2D eigenvalue weighted by atomic mass is 16.6. The van der Waals surface area contributed by atoms with E-state index < -0.39 is 6.10 Å². The van der Waals surface area contributed by atoms with Crippen molar-refractivity contribution in [3.05, 3.63) is 85.1 Å². The molecule has 0 aromatic carbocycles. The average molecular weight is 1160 g/mol. The molecule has 1 atom stereocenters. The van der Waals surface area contributed by atoms with Crippen LogP contribution in [0.25, 0.3) is 0 Å². The van der Waals surface area contributed by atoms with Crippen molar-refractivity contribution in [3.8, 4) is 0 Å². The van der Waals surface area contributed by atoms with Crippen LogP contribution in [0, 0.1) is 0 Å². The first-order chi connectivity index (χ1) is 41.0. The van der Waals surface area contributed by atoms with Gasteiger partial charge in [-0.25, -0.2) is 0 Å². The molecule has 0 aliphatic heterocycles. The van der Waals surface area contributed by atoms with Gasteiger partial charge in [0.25, 0.3) is 0 Å². The molecule has 0 aromatic rings. The molecule has 1 unspecified atom stereocenters. The third-order valence-electron chi connectivity index (χ3n) is 15.9. The summed E-state index contributed by atoms with van der Waals surface area (Å²) in [6.45, 7) is 6.55. The predicted octanol–water partition coefficient (Wildman–Crippen LogP) is 25.0. The van der Waals surface area contributed by atoms with E-state index >= 15 is 0 Å². The molecule has 0 aromatic heterocycles. The number of allylic oxidation sites excluding steroid dienone is 14. The molecule has 0 saturated carbocycles. The predicted molar refractivity (Wildman–Crippen MR) is 362 cm³/mol. The monoisotopic (exact) mass is 1160 g/mol. The molecular formula is C77H136O6. The van der Waals surface area contributed by atoms with Gasteiger partial charge < -0.3 is 14.2 Å². The quantitative estimate of drug-likeness (QED) is 0.0261. The number of hydrogen-bond acceptors (Lipinski definition) is 6. The fourth-order valence-corrected chi connectivity index (χ4v) is 10.5. The lowest BCUT2D eigenvalue weighted by Crippen LogP contribution is -2.30. The van der Waals surface area contributed by atoms with E-state index in [4.69, 9.17) is 14.2 Å². The van der Waals surface area contributed by atoms with E-state index in [-0.39, 0.29) is 31.1 Å². The lowest BCUT2D eigenvalue weighted by molar-refractivity contribution is -0.167. The van der Waals surface area contributed by atoms with Crippen LogP contribution in [0.15, 0.2) is 85.1 Å². The Balaban J connectivity index is 4.35. The summed E-state index contributed by atoms with van der Waals surface area (Å²) >= 11 is 0. The van der Waals surface area contributed by atoms with Gasteiger partial charge in [-0.1, -0.05) is 337 Å². The van der Waals surface area contributed by atoms with Crippen molar-refractivity contribution in [1.82, 2.24) is 0 Å². The summed E-state index contributed by atoms with van der Waals surface area (Å²) in [5.41, 5.74) is 0. The Kier molecular flexibility index (Phi) is 68.2. The van der Waals surface area contributed by atoms with Crippen molar-refractivity contribution in [2.45, 2.75) is 374 Å². The van der Waals surface area contributed by atoms with Crippen LogP contribution in [0.2, 0.25) is 0 Å². The molecule has 0 heterocycles. The highest BCUT2D eigenvalue weighted by Crippen LogP contribution is 2.18. The van der Waals surface area contributed by atoms with Crippen molar-refractivity contribution < 1.29 is 28.6 Å². The number of carbonyl (C=O) groups excluding carboxylic acids is 3. The Bertz CT molecular complexity index is 1570. The molecule has 0 radical (unpaired) electrons. The Labute approximate surface area is 515 Å². The van der Waals surface area contributed by atoms with Gasteiger partial charge in [0.2, 0.25) is 0 Å². The Hall–Kier alpha value is -3.41. The number of esters is 3. The van der Waals surface area contributed by atoms with Gasteiger partial charge in [-0.3, -0.25) is 14.4 Å². The molecule has 0 aliphatic carbocycles. The topological polar surface area (TPSA) is 78.9 Å². The molecule has 0 bridgehead atoms. The van der Waals surface area contributed by atoms with Crippen LogP contribution in [0.4, 0.5) is 0 Å². The smallest absolute Gasteiger partial charge is 0.306 e. The van der Waals surface area contributed by atoms with E-state index in [9.17, 15) is 14.4 Å². The van der Waals surface area contributed by atoms with Gasteiger partial charge in [0, 0.05) is 19.3 Å². The first-order valence-corrected chi connectivity index (χ1v) is 36.1. The minimum Gasteiger partial charge on any atom is -0.462 e. The average Bonchev–Trinajstić information content (AvgIpc) is 3.49. The second-order valence-electron chi connectivity index (χ2n) is 24.1. The maximum Gasteiger partial charge on any atom is 0.306 e. The fraction of sp³-hybridized carbons (Fsp3) is 0.779. The van der Waals surface area contributed by atoms with Gasteiger partial charge in [0.1, 0.15) is 13.2 Å². The van der Waals surface area contributed by atoms with Gasteiger partial charge in [-0.15, -0.1) is 0 Å². The highest BCUT2D eigenvalue weighted by molar-refractivity contribution is 5.71. The zero-order valence-corrected chi connectivity index (χ0v) is 55.2. The Morgan fingerprint density at radius 1 is 0.253 bits per heavy atom. The van der Waals surface area contributed by atoms with Gasteiger partial charge in [-0.2, -0.15) is 0 Å². The van der Waals surface area contributed by atoms with Crippen LogP contribution in [0.5, 0.6) is 0 Å². The second kappa shape index (κ2) is 71.1. The van der Waals surface area contributed by atoms with Crippen LogP contribution < -0.4 is 0 Å². The zero-order valence-electron chi connectivity index (χ0n) is 55.2. The first-order valence-electron chi connectivity index (χ1n) is 36.1. The summed E-state index contributed by atoms with van der Waals surface area (Å²) in [5, 5.41) is 0. The molecule has 83 heavy (non-hydrogen) atoms. The van der Waals surface area contributed by atoms with Crippen LogP contribution in [-0.4, -0.2) is 37.2 Å². The minimum absolute atomic E-state index is 0.0847. The number of rotatable bonds is 66. The number of carbonyl (C=O) groups is 3. The van der Waals surface area contributed by atoms with E-state index in [0.717, 1.165) is 116 Å². The van der Waals surface area contributed by atoms with Gasteiger partial charge >= 0.3 is 17.9 Å². The maximum absolute atomic E-state index is 13.0. The second-order valence-corrected chi connectivity index (χ2v) is 24.1. The largest absolute Gasteiger partial charge is 0.462 e. The standard InChI is InChI=1S/C77H136O6/c1-4-7-10-13-16-19-22-25-28-31-33-35-37-38-40-41-43-46-49-52-55-58-61-64-67-70-76(79)82-73-74(72-81-75(78)69-66-63-60-57-54-51-48-45-30-27-24-21-18-15-12-9-6-3)83-77(80)71-68-65-62-59-56-53-50-47-44-42-39-36-34-32-29-26-23-20-17-14-11-8-5-2/h9,12,18,21,23,26-27,30,32,34,39,42,48,51,74H,4-8,10-11,13-17,19-20,22,24-25,28-29,31,33,35-38,40-41,43-47,49-50,52-73H2,1-3H3/b12-9-,21-18-,26-23-,30-27-,34-32-,42-39-,51-48-. The summed E-state index contributed by atoms with van der Waals surface area (Å²) in [6.07, 6.45) is 94.7. The van der Waals surface area contributed by atoms with E-state index in [1.165, 1.54) is 212 Å². The lowest BCUT2D eigenvalue weighted by atomic mass is 10.0. The molecule has 0 aliphatic rings. The van der Waals surface area contributed by atoms with Crippen LogP contribution in [-0.2, 0) is 28.6 Å². The first kappa shape index (κ1) is 79.6. The van der Waals surface area contributed by atoms with Crippen LogP contribution >= 0.6 is 0 Å². The van der Waals surface area contributed by atoms with E-state index in [2.05, 4.69) is 106 Å². The molecule has 0 spiro atoms. The van der Waals surface area contributed by atoms with Crippen molar-refractivity contribution in [3.63, 3.8) is 0 Å². The lowest BCUT2D eigenvalue weighted by Gasteiger charge is -2.18. The van der Waals surface area contributed by atoms with Crippen molar-refractivity contribution in [2.75, 3.05) is 13.2 Å². The van der Waals surface area contributed by atoms with Gasteiger partial charge in [-0.05, 0) is 96.3 Å². The van der Waals surface area contributed by atoms with E-state index in [1.54, 1.807) is 0 Å². The SMILES string of the molecule is CC/C=C\C/C=C\C/C=C\C/C=C\CCCCCCC(=O)OCC(COC(=O)CCCCCCCCCCCCCCCCCCCCCCCCCCC)OC(=O)CCCCCCCCCC/C=C\C/C=C\C/C=C\CCCCCCC. The fourth-order valence-electron chi connectivity index (χ4n) is 10.5. The van der Waals surface area contributed by atoms with Gasteiger partial charge in [0.05, 0.1) is 0 Å². The normalized spacial score (nSPS) is 12.6. The summed E-state index contributed by atoms with van der Waals surface area (Å²) in [6, 6.07) is 0. The molecule has 0 amide bonds. The van der Waals surface area contributed by atoms with Crippen molar-refractivity contribution >= 4 is 17.9 Å². The molecule has 6 heteroatoms. The van der Waals surface area contributed by atoms with Crippen molar-refractivity contribution in [2.24, 2.45) is 0 Å². The molecule has 6 nitrogen and oxygen atoms in total. The number of ether oxygens (including phenoxy) is 3. The maximum atomic E-state index is 13.0. The van der Waals surface area contributed by atoms with Gasteiger partial charge in [0.15, 0.2) is 6.10 Å². The molecule has 0 saturated heterocycles. The zero-order chi connectivity index (χ0) is 59.9. The van der Waals surface area contributed by atoms with Crippen LogP contribution in [0.1, 0.15) is 367 Å². The molecule has 480 valence electrons. The highest BCUT2D eigenvalue weighted by Gasteiger charge is 2.19. The molecule has 0 rings (SSSR count). The van der Waals surface area contributed by atoms with E-state index in [0.29, 0.717) is 19.3 Å². The summed E-state index contributed by atoms with van der Waals surface area (Å²) in [5.74, 6) is -0.897. The Morgan fingerprint density at radius 3 is 0.735 bits per heavy atom.